The summed E-state index contributed by atoms with van der Waals surface area (Å²) in [5.41, 5.74) is 2.86. The van der Waals surface area contributed by atoms with Gasteiger partial charge >= 0.3 is 0 Å². The highest BCUT2D eigenvalue weighted by Crippen LogP contribution is 2.18. The number of nitrogens with one attached hydrogen (secondary N) is 1. The number of nitrogens with zero attached hydrogens (tertiary/aromatic N) is 3. The van der Waals surface area contributed by atoms with E-state index >= 15 is 0 Å². The summed E-state index contributed by atoms with van der Waals surface area (Å²) >= 11 is 0. The van der Waals surface area contributed by atoms with Crippen molar-refractivity contribution in [1.29, 1.82) is 0 Å². The van der Waals surface area contributed by atoms with Crippen molar-refractivity contribution in [2.75, 3.05) is 58.3 Å². The lowest BCUT2D eigenvalue weighted by molar-refractivity contribution is -0.0258. The molecule has 1 N–H and O–H groups in total. The Labute approximate surface area is 190 Å². The number of carbonyl (C=O) groups is 1. The fourth-order valence-electron chi connectivity index (χ4n) is 3.71. The van der Waals surface area contributed by atoms with Crippen LogP contribution in [0.3, 0.4) is 0 Å². The van der Waals surface area contributed by atoms with E-state index in [0.29, 0.717) is 12.1 Å². The Morgan fingerprint density at radius 1 is 1.09 bits per heavy atom. The minimum Gasteiger partial charge on any atom is -0.369 e. The van der Waals surface area contributed by atoms with Gasteiger partial charge in [0.05, 0.1) is 12.0 Å². The second kappa shape index (κ2) is 10.9. The van der Waals surface area contributed by atoms with Crippen molar-refractivity contribution in [3.05, 3.63) is 59.7 Å². The number of sulfonamides is 1. The largest absolute Gasteiger partial charge is 0.369 e. The molecule has 1 aliphatic heterocycles. The number of anilines is 1. The van der Waals surface area contributed by atoms with Crippen LogP contribution in [0, 0.1) is 6.92 Å². The van der Waals surface area contributed by atoms with Gasteiger partial charge in [0.15, 0.2) is 0 Å². The van der Waals surface area contributed by atoms with Gasteiger partial charge in [0.1, 0.15) is 0 Å². The number of benzene rings is 2. The molecule has 32 heavy (non-hydrogen) atoms. The van der Waals surface area contributed by atoms with Crippen LogP contribution in [0.15, 0.2) is 53.4 Å². The summed E-state index contributed by atoms with van der Waals surface area (Å²) in [6.45, 7) is 7.53. The normalized spacial score (nSPS) is 15.2. The number of rotatable bonds is 9. The molecular formula is C23H32N4O4S. The number of hydrogen-bond donors (Lipinski definition) is 1. The summed E-state index contributed by atoms with van der Waals surface area (Å²) < 4.78 is 25.5. The zero-order valence-electron chi connectivity index (χ0n) is 19.0. The molecule has 2 aromatic carbocycles. The SMILES string of the molecule is CON(C)S(=O)(=O)c1cccc(C(=O)NCCCN2CCN(c3cccc(C)c3)CC2)c1. The zero-order valence-corrected chi connectivity index (χ0v) is 19.8. The molecule has 0 spiro atoms. The van der Waals surface area contributed by atoms with E-state index in [9.17, 15) is 13.2 Å². The van der Waals surface area contributed by atoms with Crippen LogP contribution in [-0.2, 0) is 14.9 Å². The fraction of sp³-hybridized carbons (Fsp3) is 0.435. The molecule has 1 heterocycles. The Bertz CT molecular complexity index is 1020. The van der Waals surface area contributed by atoms with Gasteiger partial charge in [-0.25, -0.2) is 8.42 Å². The first-order chi connectivity index (χ1) is 15.3. The summed E-state index contributed by atoms with van der Waals surface area (Å²) in [5.74, 6) is -0.286. The first-order valence-electron chi connectivity index (χ1n) is 10.8. The van der Waals surface area contributed by atoms with Gasteiger partial charge in [0.2, 0.25) is 0 Å². The van der Waals surface area contributed by atoms with Crippen LogP contribution >= 0.6 is 0 Å². The monoisotopic (exact) mass is 460 g/mol. The molecule has 2 aromatic rings. The van der Waals surface area contributed by atoms with Crippen molar-refractivity contribution < 1.29 is 18.0 Å². The quantitative estimate of drug-likeness (QED) is 0.456. The second-order valence-electron chi connectivity index (χ2n) is 7.90. The maximum Gasteiger partial charge on any atom is 0.264 e. The van der Waals surface area contributed by atoms with Crippen LogP contribution in [0.5, 0.6) is 0 Å². The van der Waals surface area contributed by atoms with Crippen LogP contribution in [-0.4, -0.2) is 77.1 Å². The van der Waals surface area contributed by atoms with Gasteiger partial charge in [-0.05, 0) is 55.8 Å². The molecule has 0 atom stereocenters. The molecular weight excluding hydrogens is 428 g/mol. The number of hydrogen-bond acceptors (Lipinski definition) is 6. The Morgan fingerprint density at radius 2 is 1.81 bits per heavy atom. The van der Waals surface area contributed by atoms with Gasteiger partial charge in [0.25, 0.3) is 15.9 Å². The summed E-state index contributed by atoms with van der Waals surface area (Å²) in [7, 11) is -1.21. The van der Waals surface area contributed by atoms with E-state index in [1.54, 1.807) is 12.1 Å². The lowest BCUT2D eigenvalue weighted by atomic mass is 10.2. The maximum absolute atomic E-state index is 12.5. The number of hydroxylamine groups is 1. The van der Waals surface area contributed by atoms with E-state index in [-0.39, 0.29) is 10.8 Å². The minimum atomic E-state index is -3.79. The average Bonchev–Trinajstić information content (AvgIpc) is 2.81. The fourth-order valence-corrected chi connectivity index (χ4v) is 4.72. The van der Waals surface area contributed by atoms with E-state index in [1.165, 1.54) is 37.5 Å². The molecule has 0 bridgehead atoms. The van der Waals surface area contributed by atoms with Crippen LogP contribution in [0.4, 0.5) is 5.69 Å². The number of amides is 1. The first kappa shape index (κ1) is 24.2. The Balaban J connectivity index is 1.43. The van der Waals surface area contributed by atoms with Gasteiger partial charge in [-0.15, -0.1) is 0 Å². The molecule has 0 radical (unpaired) electrons. The third-order valence-electron chi connectivity index (χ3n) is 5.67. The lowest BCUT2D eigenvalue weighted by Gasteiger charge is -2.36. The summed E-state index contributed by atoms with van der Waals surface area (Å²) in [6, 6.07) is 14.6. The molecule has 0 aliphatic carbocycles. The number of aryl methyl sites for hydroxylation is 1. The van der Waals surface area contributed by atoms with E-state index in [2.05, 4.69) is 46.3 Å². The van der Waals surface area contributed by atoms with Gasteiger partial charge < -0.3 is 10.2 Å². The third kappa shape index (κ3) is 6.07. The summed E-state index contributed by atoms with van der Waals surface area (Å²) in [6.07, 6.45) is 0.834. The van der Waals surface area contributed by atoms with E-state index in [0.717, 1.165) is 43.6 Å². The predicted molar refractivity (Wildman–Crippen MR) is 125 cm³/mol. The molecule has 1 saturated heterocycles. The van der Waals surface area contributed by atoms with Gasteiger partial charge in [-0.2, -0.15) is 0 Å². The van der Waals surface area contributed by atoms with Crippen LogP contribution in [0.25, 0.3) is 0 Å². The molecule has 3 rings (SSSR count). The van der Waals surface area contributed by atoms with Crippen molar-refractivity contribution in [3.8, 4) is 0 Å². The highest BCUT2D eigenvalue weighted by Gasteiger charge is 2.22. The van der Waals surface area contributed by atoms with Gasteiger partial charge in [-0.3, -0.25) is 14.5 Å². The Morgan fingerprint density at radius 3 is 2.50 bits per heavy atom. The molecule has 1 fully saturated rings. The zero-order chi connectivity index (χ0) is 23.1. The molecule has 0 aromatic heterocycles. The van der Waals surface area contributed by atoms with E-state index in [1.807, 2.05) is 0 Å². The summed E-state index contributed by atoms with van der Waals surface area (Å²) in [4.78, 5) is 22.1. The van der Waals surface area contributed by atoms with Crippen molar-refractivity contribution in [2.24, 2.45) is 0 Å². The van der Waals surface area contributed by atoms with E-state index < -0.39 is 10.0 Å². The molecule has 8 nitrogen and oxygen atoms in total. The molecule has 0 saturated carbocycles. The van der Waals surface area contributed by atoms with E-state index in [4.69, 9.17) is 4.84 Å². The van der Waals surface area contributed by atoms with Crippen LogP contribution in [0.2, 0.25) is 0 Å². The minimum absolute atomic E-state index is 0.0148. The molecule has 174 valence electrons. The topological polar surface area (TPSA) is 82.2 Å². The average molecular weight is 461 g/mol. The van der Waals surface area contributed by atoms with Crippen molar-refractivity contribution in [3.63, 3.8) is 0 Å². The van der Waals surface area contributed by atoms with Crippen molar-refractivity contribution in [1.82, 2.24) is 14.7 Å². The summed E-state index contributed by atoms with van der Waals surface area (Å²) in [5, 5.41) is 2.89. The third-order valence-corrected chi connectivity index (χ3v) is 7.34. The second-order valence-corrected chi connectivity index (χ2v) is 9.84. The van der Waals surface area contributed by atoms with Crippen LogP contribution < -0.4 is 10.2 Å². The number of carbonyl (C=O) groups excluding carboxylic acids is 1. The molecule has 0 unspecified atom stereocenters. The van der Waals surface area contributed by atoms with Crippen molar-refractivity contribution in [2.45, 2.75) is 18.2 Å². The van der Waals surface area contributed by atoms with Gasteiger partial charge in [-0.1, -0.05) is 22.7 Å². The molecule has 1 aliphatic rings. The lowest BCUT2D eigenvalue weighted by Crippen LogP contribution is -2.47. The Hall–Kier alpha value is -2.46. The highest BCUT2D eigenvalue weighted by molar-refractivity contribution is 7.89. The maximum atomic E-state index is 12.5. The standard InChI is InChI=1S/C23H32N4O4S/c1-19-7-4-9-21(17-19)27-15-13-26(14-16-27)12-6-11-24-23(28)20-8-5-10-22(18-20)32(29,30)25(2)31-3/h4-5,7-10,17-18H,6,11-16H2,1-3H3,(H,24,28). The number of piperazine rings is 1. The molecule has 9 heteroatoms. The highest BCUT2D eigenvalue weighted by atomic mass is 32.2. The smallest absolute Gasteiger partial charge is 0.264 e. The van der Waals surface area contributed by atoms with Crippen molar-refractivity contribution >= 4 is 21.6 Å². The molecule has 1 amide bonds. The first-order valence-corrected chi connectivity index (χ1v) is 12.2. The van der Waals surface area contributed by atoms with Crippen LogP contribution in [0.1, 0.15) is 22.3 Å². The predicted octanol–water partition coefficient (Wildman–Crippen LogP) is 2.12. The van der Waals surface area contributed by atoms with Gasteiger partial charge in [0, 0.05) is 51.0 Å². The Kier molecular flexibility index (Phi) is 8.25.